The third kappa shape index (κ3) is 6.46. The van der Waals surface area contributed by atoms with Crippen LogP contribution in [0.4, 0.5) is 4.79 Å². The fraction of sp³-hybridized carbons (Fsp3) is 0.652. The van der Waals surface area contributed by atoms with Gasteiger partial charge in [0.2, 0.25) is 0 Å². The number of amides is 1. The number of nitrogens with zero attached hydrogens (tertiary/aromatic N) is 1. The molecule has 2 rings (SSSR count). The van der Waals surface area contributed by atoms with Gasteiger partial charge in [-0.2, -0.15) is 0 Å². The van der Waals surface area contributed by atoms with Crippen LogP contribution in [0.15, 0.2) is 18.2 Å². The van der Waals surface area contributed by atoms with Crippen LogP contribution in [-0.2, 0) is 9.16 Å². The number of methoxy groups -OCH3 is 1. The van der Waals surface area contributed by atoms with Crippen molar-refractivity contribution >= 4 is 20.4 Å². The molecule has 1 aliphatic rings. The standard InChI is InChI=1S/C23H37NO7Si/c1-23(2,3)32(5,6)31-13-7-12-30-20-14-16(21(26)29-4)8-9-18(20)19-15-17(25)10-11-24(19)22(27)28/h8-9,14,17,19,25H,7,10-13,15H2,1-6H3,(H,27,28). The summed E-state index contributed by atoms with van der Waals surface area (Å²) < 4.78 is 17.0. The summed E-state index contributed by atoms with van der Waals surface area (Å²) in [6.45, 7) is 12.1. The molecule has 2 atom stereocenters. The number of ether oxygens (including phenoxy) is 2. The van der Waals surface area contributed by atoms with E-state index >= 15 is 0 Å². The number of aliphatic hydroxyl groups excluding tert-OH is 1. The lowest BCUT2D eigenvalue weighted by Crippen LogP contribution is -2.42. The molecule has 9 heteroatoms. The van der Waals surface area contributed by atoms with Crippen LogP contribution in [0.25, 0.3) is 0 Å². The number of hydrogen-bond donors (Lipinski definition) is 2. The molecule has 0 spiro atoms. The minimum absolute atomic E-state index is 0.123. The molecule has 0 saturated carbocycles. The van der Waals surface area contributed by atoms with E-state index < -0.39 is 32.5 Å². The SMILES string of the molecule is COC(=O)c1ccc(C2CC(O)CCN2C(=O)O)c(OCCCO[Si](C)(C)C(C)(C)C)c1. The summed E-state index contributed by atoms with van der Waals surface area (Å²) in [7, 11) is -0.542. The number of hydrogen-bond acceptors (Lipinski definition) is 6. The number of rotatable bonds is 8. The summed E-state index contributed by atoms with van der Waals surface area (Å²) in [5.74, 6) is -0.0768. The number of carbonyl (C=O) groups is 2. The van der Waals surface area contributed by atoms with Crippen LogP contribution < -0.4 is 4.74 Å². The maximum Gasteiger partial charge on any atom is 0.407 e. The van der Waals surface area contributed by atoms with Gasteiger partial charge >= 0.3 is 12.1 Å². The number of aliphatic hydroxyl groups is 1. The lowest BCUT2D eigenvalue weighted by atomic mass is 9.92. The number of likely N-dealkylation sites (tertiary alicyclic amines) is 1. The van der Waals surface area contributed by atoms with Gasteiger partial charge in [-0.15, -0.1) is 0 Å². The molecule has 0 aliphatic carbocycles. The van der Waals surface area contributed by atoms with E-state index in [1.54, 1.807) is 18.2 Å². The van der Waals surface area contributed by atoms with Crippen LogP contribution in [0.5, 0.6) is 5.75 Å². The van der Waals surface area contributed by atoms with Gasteiger partial charge in [-0.05, 0) is 43.1 Å². The topological polar surface area (TPSA) is 106 Å². The van der Waals surface area contributed by atoms with E-state index in [1.165, 1.54) is 12.0 Å². The highest BCUT2D eigenvalue weighted by Gasteiger charge is 2.37. The molecule has 0 bridgehead atoms. The van der Waals surface area contributed by atoms with Crippen molar-refractivity contribution in [1.29, 1.82) is 0 Å². The van der Waals surface area contributed by atoms with Gasteiger partial charge in [0.1, 0.15) is 5.75 Å². The monoisotopic (exact) mass is 467 g/mol. The average molecular weight is 468 g/mol. The van der Waals surface area contributed by atoms with E-state index in [0.29, 0.717) is 42.9 Å². The van der Waals surface area contributed by atoms with Gasteiger partial charge in [0.05, 0.1) is 31.4 Å². The minimum Gasteiger partial charge on any atom is -0.493 e. The number of benzene rings is 1. The van der Waals surface area contributed by atoms with Crippen molar-refractivity contribution in [2.24, 2.45) is 0 Å². The molecule has 0 aromatic heterocycles. The molecule has 8 nitrogen and oxygen atoms in total. The van der Waals surface area contributed by atoms with Crippen molar-refractivity contribution < 1.29 is 33.7 Å². The van der Waals surface area contributed by atoms with Gasteiger partial charge in [0.25, 0.3) is 0 Å². The third-order valence-corrected chi connectivity index (χ3v) is 11.0. The van der Waals surface area contributed by atoms with Gasteiger partial charge in [-0.1, -0.05) is 26.8 Å². The summed E-state index contributed by atoms with van der Waals surface area (Å²) >= 11 is 0. The lowest BCUT2D eigenvalue weighted by Gasteiger charge is -2.37. The first kappa shape index (κ1) is 26.2. The molecule has 180 valence electrons. The van der Waals surface area contributed by atoms with Crippen LogP contribution in [0.1, 0.15) is 62.0 Å². The van der Waals surface area contributed by atoms with E-state index in [9.17, 15) is 19.8 Å². The van der Waals surface area contributed by atoms with Crippen molar-refractivity contribution in [2.75, 3.05) is 26.9 Å². The Labute approximate surface area is 191 Å². The number of esters is 1. The molecule has 2 N–H and O–H groups in total. The van der Waals surface area contributed by atoms with Gasteiger partial charge in [0.15, 0.2) is 8.32 Å². The van der Waals surface area contributed by atoms with Crippen molar-refractivity contribution in [3.05, 3.63) is 29.3 Å². The maximum atomic E-state index is 12.0. The molecular formula is C23H37NO7Si. The number of carboxylic acid groups (broad SMARTS) is 1. The van der Waals surface area contributed by atoms with E-state index in [-0.39, 0.29) is 18.0 Å². The van der Waals surface area contributed by atoms with Crippen molar-refractivity contribution in [1.82, 2.24) is 4.90 Å². The first-order valence-corrected chi connectivity index (χ1v) is 13.9. The van der Waals surface area contributed by atoms with E-state index in [4.69, 9.17) is 13.9 Å². The van der Waals surface area contributed by atoms with Gasteiger partial charge in [-0.25, -0.2) is 9.59 Å². The van der Waals surface area contributed by atoms with Gasteiger partial charge < -0.3 is 29.0 Å². The smallest absolute Gasteiger partial charge is 0.407 e. The van der Waals surface area contributed by atoms with Crippen molar-refractivity contribution in [2.45, 2.75) is 70.3 Å². The fourth-order valence-electron chi connectivity index (χ4n) is 3.43. The average Bonchev–Trinajstić information content (AvgIpc) is 2.71. The maximum absolute atomic E-state index is 12.0. The molecule has 1 aromatic carbocycles. The molecule has 1 aliphatic heterocycles. The third-order valence-electron chi connectivity index (χ3n) is 6.43. The minimum atomic E-state index is -1.85. The van der Waals surface area contributed by atoms with Gasteiger partial charge in [-0.3, -0.25) is 0 Å². The Kier molecular flexibility index (Phi) is 8.72. The van der Waals surface area contributed by atoms with E-state index in [2.05, 4.69) is 33.9 Å². The Morgan fingerprint density at radius 2 is 1.91 bits per heavy atom. The van der Waals surface area contributed by atoms with Crippen LogP contribution in [-0.4, -0.2) is 68.5 Å². The van der Waals surface area contributed by atoms with Crippen molar-refractivity contribution in [3.63, 3.8) is 0 Å². The number of carbonyl (C=O) groups excluding carboxylic acids is 1. The van der Waals surface area contributed by atoms with Crippen LogP contribution in [0.3, 0.4) is 0 Å². The molecule has 1 saturated heterocycles. The molecular weight excluding hydrogens is 430 g/mol. The predicted octanol–water partition coefficient (Wildman–Crippen LogP) is 4.44. The molecule has 0 radical (unpaired) electrons. The summed E-state index contributed by atoms with van der Waals surface area (Å²) in [6.07, 6.45) is -0.322. The zero-order chi connectivity index (χ0) is 24.1. The normalized spacial score (nSPS) is 19.5. The van der Waals surface area contributed by atoms with E-state index in [1.807, 2.05) is 0 Å². The molecule has 1 aromatic rings. The Morgan fingerprint density at radius 3 is 2.50 bits per heavy atom. The molecule has 1 heterocycles. The Bertz CT molecular complexity index is 806. The zero-order valence-electron chi connectivity index (χ0n) is 20.0. The summed E-state index contributed by atoms with van der Waals surface area (Å²) in [5, 5.41) is 19.9. The van der Waals surface area contributed by atoms with Crippen LogP contribution in [0, 0.1) is 0 Å². The van der Waals surface area contributed by atoms with Crippen molar-refractivity contribution in [3.8, 4) is 5.75 Å². The molecule has 1 amide bonds. The summed E-state index contributed by atoms with van der Waals surface area (Å²) in [6, 6.07) is 4.31. The number of piperidine rings is 1. The quantitative estimate of drug-likeness (QED) is 0.331. The second kappa shape index (κ2) is 10.7. The van der Waals surface area contributed by atoms with Crippen LogP contribution >= 0.6 is 0 Å². The first-order chi connectivity index (χ1) is 14.9. The second-order valence-corrected chi connectivity index (χ2v) is 14.5. The fourth-order valence-corrected chi connectivity index (χ4v) is 4.52. The molecule has 2 unspecified atom stereocenters. The highest BCUT2D eigenvalue weighted by atomic mass is 28.4. The van der Waals surface area contributed by atoms with E-state index in [0.717, 1.165) is 0 Å². The Balaban J connectivity index is 2.18. The second-order valence-electron chi connectivity index (χ2n) is 9.72. The predicted molar refractivity (Wildman–Crippen MR) is 124 cm³/mol. The highest BCUT2D eigenvalue weighted by Crippen LogP contribution is 2.38. The van der Waals surface area contributed by atoms with Crippen LogP contribution in [0.2, 0.25) is 18.1 Å². The first-order valence-electron chi connectivity index (χ1n) is 11.0. The highest BCUT2D eigenvalue weighted by molar-refractivity contribution is 6.74. The van der Waals surface area contributed by atoms with Gasteiger partial charge in [0, 0.05) is 25.1 Å². The summed E-state index contributed by atoms with van der Waals surface area (Å²) in [4.78, 5) is 25.1. The molecule has 1 fully saturated rings. The lowest BCUT2D eigenvalue weighted by molar-refractivity contribution is 0.0413. The molecule has 32 heavy (non-hydrogen) atoms. The zero-order valence-corrected chi connectivity index (χ0v) is 21.0. The Hall–Kier alpha value is -2.10. The largest absolute Gasteiger partial charge is 0.493 e. The summed E-state index contributed by atoms with van der Waals surface area (Å²) in [5.41, 5.74) is 0.950. The Morgan fingerprint density at radius 1 is 1.22 bits per heavy atom.